The van der Waals surface area contributed by atoms with E-state index in [1.54, 1.807) is 24.3 Å². The molecule has 0 atom stereocenters. The highest BCUT2D eigenvalue weighted by Crippen LogP contribution is 2.28. The molecule has 0 aliphatic heterocycles. The Morgan fingerprint density at radius 3 is 2.70 bits per heavy atom. The predicted molar refractivity (Wildman–Crippen MR) is 88.2 cm³/mol. The number of methoxy groups -OCH3 is 1. The molecule has 0 spiro atoms. The van der Waals surface area contributed by atoms with Crippen LogP contribution in [-0.4, -0.2) is 24.5 Å². The standard InChI is InChI=1S/C15H14ClN3O4/c1-23-14-5-3-2-4-12(14)17-9-15(20)18-11-7-6-10(16)8-13(11)19(21)22/h2-8,17H,9H2,1H3,(H,18,20). The molecular formula is C15H14ClN3O4. The third-order valence-corrected chi connectivity index (χ3v) is 3.21. The lowest BCUT2D eigenvalue weighted by atomic mass is 10.2. The van der Waals surface area contributed by atoms with Crippen molar-refractivity contribution in [3.63, 3.8) is 0 Å². The van der Waals surface area contributed by atoms with E-state index < -0.39 is 10.8 Å². The highest BCUT2D eigenvalue weighted by atomic mass is 35.5. The van der Waals surface area contributed by atoms with Crippen molar-refractivity contribution < 1.29 is 14.5 Å². The van der Waals surface area contributed by atoms with Gasteiger partial charge in [0.1, 0.15) is 11.4 Å². The van der Waals surface area contributed by atoms with Gasteiger partial charge in [-0.1, -0.05) is 23.7 Å². The van der Waals surface area contributed by atoms with Crippen LogP contribution in [0.3, 0.4) is 0 Å². The second-order valence-electron chi connectivity index (χ2n) is 4.52. The molecule has 2 aromatic rings. The van der Waals surface area contributed by atoms with Gasteiger partial charge in [0.05, 0.1) is 24.3 Å². The number of hydrogen-bond acceptors (Lipinski definition) is 5. The smallest absolute Gasteiger partial charge is 0.294 e. The first-order valence-electron chi connectivity index (χ1n) is 6.62. The van der Waals surface area contributed by atoms with E-state index in [0.717, 1.165) is 0 Å². The summed E-state index contributed by atoms with van der Waals surface area (Å²) < 4.78 is 5.16. The summed E-state index contributed by atoms with van der Waals surface area (Å²) in [7, 11) is 1.53. The van der Waals surface area contributed by atoms with Gasteiger partial charge in [0, 0.05) is 11.1 Å². The SMILES string of the molecule is COc1ccccc1NCC(=O)Nc1ccc(Cl)cc1[N+](=O)[O-]. The molecule has 0 aromatic heterocycles. The van der Waals surface area contributed by atoms with Gasteiger partial charge in [-0.2, -0.15) is 0 Å². The average molecular weight is 336 g/mol. The van der Waals surface area contributed by atoms with E-state index in [1.807, 2.05) is 0 Å². The second kappa shape index (κ2) is 7.46. The maximum Gasteiger partial charge on any atom is 0.294 e. The lowest BCUT2D eigenvalue weighted by Gasteiger charge is -2.11. The lowest BCUT2D eigenvalue weighted by Crippen LogP contribution is -2.22. The molecule has 0 fully saturated rings. The minimum absolute atomic E-state index is 0.0693. The first-order valence-corrected chi connectivity index (χ1v) is 6.99. The number of carbonyl (C=O) groups is 1. The minimum Gasteiger partial charge on any atom is -0.495 e. The van der Waals surface area contributed by atoms with Crippen LogP contribution >= 0.6 is 11.6 Å². The summed E-state index contributed by atoms with van der Waals surface area (Å²) in [5.41, 5.74) is 0.477. The Bertz CT molecular complexity index is 736. The molecule has 0 heterocycles. The Morgan fingerprint density at radius 2 is 2.00 bits per heavy atom. The maximum absolute atomic E-state index is 12.0. The number of nitro benzene ring substituents is 1. The van der Waals surface area contributed by atoms with Crippen LogP contribution in [0.4, 0.5) is 17.1 Å². The zero-order valence-electron chi connectivity index (χ0n) is 12.2. The second-order valence-corrected chi connectivity index (χ2v) is 4.96. The molecule has 2 rings (SSSR count). The number of amides is 1. The molecule has 23 heavy (non-hydrogen) atoms. The van der Waals surface area contributed by atoms with Crippen molar-refractivity contribution in [2.45, 2.75) is 0 Å². The van der Waals surface area contributed by atoms with E-state index in [1.165, 1.54) is 25.3 Å². The van der Waals surface area contributed by atoms with Crippen molar-refractivity contribution in [2.75, 3.05) is 24.3 Å². The van der Waals surface area contributed by atoms with Gasteiger partial charge in [-0.25, -0.2) is 0 Å². The summed E-state index contributed by atoms with van der Waals surface area (Å²) >= 11 is 5.73. The van der Waals surface area contributed by atoms with Crippen LogP contribution in [0.15, 0.2) is 42.5 Å². The summed E-state index contributed by atoms with van der Waals surface area (Å²) in [6.45, 7) is -0.0693. The maximum atomic E-state index is 12.0. The van der Waals surface area contributed by atoms with Gasteiger partial charge in [0.2, 0.25) is 5.91 Å². The molecule has 7 nitrogen and oxygen atoms in total. The first kappa shape index (κ1) is 16.6. The van der Waals surface area contributed by atoms with E-state index in [4.69, 9.17) is 16.3 Å². The number of rotatable bonds is 6. The first-order chi connectivity index (χ1) is 11.0. The van der Waals surface area contributed by atoms with Gasteiger partial charge in [-0.15, -0.1) is 0 Å². The fraction of sp³-hybridized carbons (Fsp3) is 0.133. The number of nitro groups is 1. The van der Waals surface area contributed by atoms with Crippen LogP contribution in [0.5, 0.6) is 5.75 Å². The van der Waals surface area contributed by atoms with Crippen LogP contribution in [0.25, 0.3) is 0 Å². The average Bonchev–Trinajstić information content (AvgIpc) is 2.54. The lowest BCUT2D eigenvalue weighted by molar-refractivity contribution is -0.383. The Hall–Kier alpha value is -2.80. The zero-order chi connectivity index (χ0) is 16.8. The van der Waals surface area contributed by atoms with Gasteiger partial charge >= 0.3 is 0 Å². The summed E-state index contributed by atoms with van der Waals surface area (Å²) in [6.07, 6.45) is 0. The number of nitrogens with one attached hydrogen (secondary N) is 2. The Kier molecular flexibility index (Phi) is 5.37. The van der Waals surface area contributed by atoms with Crippen molar-refractivity contribution in [1.29, 1.82) is 0 Å². The van der Waals surface area contributed by atoms with Crippen LogP contribution in [-0.2, 0) is 4.79 Å². The van der Waals surface area contributed by atoms with Crippen molar-refractivity contribution in [1.82, 2.24) is 0 Å². The molecule has 1 amide bonds. The molecule has 0 radical (unpaired) electrons. The number of anilines is 2. The van der Waals surface area contributed by atoms with E-state index in [-0.39, 0.29) is 22.9 Å². The Morgan fingerprint density at radius 1 is 1.26 bits per heavy atom. The van der Waals surface area contributed by atoms with Gasteiger partial charge in [-0.3, -0.25) is 14.9 Å². The van der Waals surface area contributed by atoms with Crippen LogP contribution in [0, 0.1) is 10.1 Å². The molecule has 2 aromatic carbocycles. The number of carbonyl (C=O) groups excluding carboxylic acids is 1. The fourth-order valence-corrected chi connectivity index (χ4v) is 2.09. The Balaban J connectivity index is 2.04. The third kappa shape index (κ3) is 4.33. The molecule has 0 bridgehead atoms. The summed E-state index contributed by atoms with van der Waals surface area (Å²) in [4.78, 5) is 22.4. The monoisotopic (exact) mass is 335 g/mol. The molecule has 0 aliphatic carbocycles. The van der Waals surface area contributed by atoms with Gasteiger partial charge in [-0.05, 0) is 24.3 Å². The molecular weight excluding hydrogens is 322 g/mol. The van der Waals surface area contributed by atoms with Crippen molar-refractivity contribution in [2.24, 2.45) is 0 Å². The molecule has 0 saturated heterocycles. The van der Waals surface area contributed by atoms with E-state index in [2.05, 4.69) is 10.6 Å². The van der Waals surface area contributed by atoms with E-state index in [9.17, 15) is 14.9 Å². The number of hydrogen-bond donors (Lipinski definition) is 2. The summed E-state index contributed by atoms with van der Waals surface area (Å²) in [6, 6.07) is 11.2. The minimum atomic E-state index is -0.602. The number of nitrogens with zero attached hydrogens (tertiary/aromatic N) is 1. The Labute approximate surface area is 137 Å². The molecule has 120 valence electrons. The van der Waals surface area contributed by atoms with Gasteiger partial charge < -0.3 is 15.4 Å². The number of halogens is 1. The number of ether oxygens (including phenoxy) is 1. The molecule has 0 unspecified atom stereocenters. The summed E-state index contributed by atoms with van der Waals surface area (Å²) in [5.74, 6) is 0.166. The molecule has 0 saturated carbocycles. The zero-order valence-corrected chi connectivity index (χ0v) is 13.0. The largest absolute Gasteiger partial charge is 0.495 e. The summed E-state index contributed by atoms with van der Waals surface area (Å²) in [5, 5.41) is 16.6. The number of benzene rings is 2. The van der Waals surface area contributed by atoms with Crippen molar-refractivity contribution >= 4 is 34.6 Å². The molecule has 2 N–H and O–H groups in total. The van der Waals surface area contributed by atoms with Crippen LogP contribution in [0.2, 0.25) is 5.02 Å². The van der Waals surface area contributed by atoms with E-state index >= 15 is 0 Å². The third-order valence-electron chi connectivity index (χ3n) is 2.98. The highest BCUT2D eigenvalue weighted by molar-refractivity contribution is 6.31. The normalized spacial score (nSPS) is 10.0. The van der Waals surface area contributed by atoms with Crippen molar-refractivity contribution in [3.05, 3.63) is 57.6 Å². The molecule has 0 aliphatic rings. The molecule has 8 heteroatoms. The van der Waals surface area contributed by atoms with E-state index in [0.29, 0.717) is 11.4 Å². The topological polar surface area (TPSA) is 93.5 Å². The van der Waals surface area contributed by atoms with Gasteiger partial charge in [0.25, 0.3) is 5.69 Å². The quantitative estimate of drug-likeness (QED) is 0.624. The predicted octanol–water partition coefficient (Wildman–Crippen LogP) is 3.31. The van der Waals surface area contributed by atoms with Crippen LogP contribution in [0.1, 0.15) is 0 Å². The number of para-hydroxylation sites is 2. The van der Waals surface area contributed by atoms with Crippen LogP contribution < -0.4 is 15.4 Å². The fourth-order valence-electron chi connectivity index (χ4n) is 1.92. The van der Waals surface area contributed by atoms with Crippen molar-refractivity contribution in [3.8, 4) is 5.75 Å². The van der Waals surface area contributed by atoms with Gasteiger partial charge in [0.15, 0.2) is 0 Å². The highest BCUT2D eigenvalue weighted by Gasteiger charge is 2.16.